The summed E-state index contributed by atoms with van der Waals surface area (Å²) in [7, 11) is 0. The van der Waals surface area contributed by atoms with Crippen molar-refractivity contribution in [2.75, 3.05) is 6.54 Å². The lowest BCUT2D eigenvalue weighted by Gasteiger charge is -2.30. The molecule has 21 heavy (non-hydrogen) atoms. The quantitative estimate of drug-likeness (QED) is 0.730. The number of nitrogens with one attached hydrogen (secondary N) is 2. The maximum absolute atomic E-state index is 11.9. The molecule has 5 nitrogen and oxygen atoms in total. The minimum absolute atomic E-state index is 0.0703. The minimum Gasteiger partial charge on any atom is -0.481 e. The second-order valence-corrected chi connectivity index (χ2v) is 7.52. The molecule has 1 fully saturated rings. The van der Waals surface area contributed by atoms with Crippen molar-refractivity contribution in [3.8, 4) is 0 Å². The standard InChI is InChI=1S/C16H30N2O3/c1-11-7-5-6-8-13(11)18-15(21)17-10-12(14(19)20)9-16(2,3)4/h11-13H,5-10H2,1-4H3,(H,19,20)(H2,17,18,21). The van der Waals surface area contributed by atoms with E-state index in [9.17, 15) is 14.7 Å². The van der Waals surface area contributed by atoms with E-state index in [1.807, 2.05) is 20.8 Å². The van der Waals surface area contributed by atoms with Gasteiger partial charge >= 0.3 is 12.0 Å². The first-order valence-electron chi connectivity index (χ1n) is 7.96. The van der Waals surface area contributed by atoms with E-state index in [4.69, 9.17) is 0 Å². The number of amides is 2. The third-order valence-electron chi connectivity index (χ3n) is 4.15. The van der Waals surface area contributed by atoms with Crippen molar-refractivity contribution in [2.45, 2.75) is 65.8 Å². The Balaban J connectivity index is 2.40. The molecule has 3 N–H and O–H groups in total. The molecule has 0 heterocycles. The summed E-state index contributed by atoms with van der Waals surface area (Å²) in [6.07, 6.45) is 5.08. The Bertz CT molecular complexity index is 363. The van der Waals surface area contributed by atoms with Crippen molar-refractivity contribution in [3.05, 3.63) is 0 Å². The second-order valence-electron chi connectivity index (χ2n) is 7.52. The van der Waals surface area contributed by atoms with Crippen molar-refractivity contribution >= 4 is 12.0 Å². The first-order chi connectivity index (χ1) is 9.69. The molecule has 0 aliphatic heterocycles. The predicted octanol–water partition coefficient (Wildman–Crippen LogP) is 3.00. The van der Waals surface area contributed by atoms with Crippen LogP contribution in [0, 0.1) is 17.3 Å². The van der Waals surface area contributed by atoms with E-state index in [0.29, 0.717) is 12.3 Å². The van der Waals surface area contributed by atoms with Gasteiger partial charge in [0, 0.05) is 12.6 Å². The first-order valence-corrected chi connectivity index (χ1v) is 7.96. The Morgan fingerprint density at radius 3 is 2.38 bits per heavy atom. The zero-order chi connectivity index (χ0) is 16.0. The summed E-state index contributed by atoms with van der Waals surface area (Å²) < 4.78 is 0. The normalized spacial score (nSPS) is 24.2. The maximum Gasteiger partial charge on any atom is 0.315 e. The molecule has 1 saturated carbocycles. The highest BCUT2D eigenvalue weighted by Crippen LogP contribution is 2.25. The number of aliphatic carboxylic acids is 1. The number of carboxylic acids is 1. The highest BCUT2D eigenvalue weighted by atomic mass is 16.4. The van der Waals surface area contributed by atoms with Gasteiger partial charge in [0.1, 0.15) is 0 Å². The summed E-state index contributed by atoms with van der Waals surface area (Å²) in [6, 6.07) is -0.0291. The molecule has 1 aliphatic rings. The predicted molar refractivity (Wildman–Crippen MR) is 83.2 cm³/mol. The number of rotatable bonds is 5. The molecule has 0 spiro atoms. The average Bonchev–Trinajstić information content (AvgIpc) is 2.35. The fraction of sp³-hybridized carbons (Fsp3) is 0.875. The molecule has 122 valence electrons. The fourth-order valence-corrected chi connectivity index (χ4v) is 2.95. The van der Waals surface area contributed by atoms with Gasteiger partial charge in [-0.05, 0) is 30.6 Å². The summed E-state index contributed by atoms with van der Waals surface area (Å²) in [5.74, 6) is -0.898. The van der Waals surface area contributed by atoms with E-state index >= 15 is 0 Å². The molecule has 0 aromatic carbocycles. The van der Waals surface area contributed by atoms with Gasteiger partial charge in [-0.15, -0.1) is 0 Å². The Kier molecular flexibility index (Phi) is 6.49. The third-order valence-corrected chi connectivity index (χ3v) is 4.15. The topological polar surface area (TPSA) is 78.4 Å². The lowest BCUT2D eigenvalue weighted by Crippen LogP contribution is -2.47. The minimum atomic E-state index is -0.851. The van der Waals surface area contributed by atoms with Crippen LogP contribution in [0.4, 0.5) is 4.79 Å². The van der Waals surface area contributed by atoms with Gasteiger partial charge in [-0.25, -0.2) is 4.79 Å². The molecule has 2 amide bonds. The summed E-state index contributed by atoms with van der Waals surface area (Å²) in [5, 5.41) is 14.9. The van der Waals surface area contributed by atoms with E-state index in [1.54, 1.807) is 0 Å². The monoisotopic (exact) mass is 298 g/mol. The van der Waals surface area contributed by atoms with Gasteiger partial charge in [0.05, 0.1) is 5.92 Å². The Morgan fingerprint density at radius 2 is 1.86 bits per heavy atom. The SMILES string of the molecule is CC1CCCCC1NC(=O)NCC(CC(C)(C)C)C(=O)O. The van der Waals surface area contributed by atoms with Gasteiger partial charge in [0.2, 0.25) is 0 Å². The molecule has 3 atom stereocenters. The van der Waals surface area contributed by atoms with Crippen LogP contribution in [0.15, 0.2) is 0 Å². The number of hydrogen-bond acceptors (Lipinski definition) is 2. The molecule has 1 aliphatic carbocycles. The molecular weight excluding hydrogens is 268 g/mol. The van der Waals surface area contributed by atoms with Gasteiger partial charge in [-0.2, -0.15) is 0 Å². The molecule has 0 saturated heterocycles. The zero-order valence-corrected chi connectivity index (χ0v) is 13.7. The van der Waals surface area contributed by atoms with Gasteiger partial charge in [-0.1, -0.05) is 40.5 Å². The number of carboxylic acid groups (broad SMARTS) is 1. The highest BCUT2D eigenvalue weighted by molar-refractivity contribution is 5.76. The number of carbonyl (C=O) groups excluding carboxylic acids is 1. The third kappa shape index (κ3) is 6.82. The van der Waals surface area contributed by atoms with Crippen LogP contribution >= 0.6 is 0 Å². The van der Waals surface area contributed by atoms with E-state index < -0.39 is 11.9 Å². The zero-order valence-electron chi connectivity index (χ0n) is 13.7. The van der Waals surface area contributed by atoms with Crippen molar-refractivity contribution in [3.63, 3.8) is 0 Å². The summed E-state index contributed by atoms with van der Waals surface area (Å²) in [5.41, 5.74) is -0.0703. The van der Waals surface area contributed by atoms with E-state index in [-0.39, 0.29) is 24.0 Å². The van der Waals surface area contributed by atoms with Crippen molar-refractivity contribution < 1.29 is 14.7 Å². The van der Waals surface area contributed by atoms with Crippen LogP contribution in [0.1, 0.15) is 59.8 Å². The molecule has 1 rings (SSSR count). The van der Waals surface area contributed by atoms with Crippen LogP contribution in [0.25, 0.3) is 0 Å². The molecule has 0 aromatic heterocycles. The van der Waals surface area contributed by atoms with Gasteiger partial charge < -0.3 is 15.7 Å². The second kappa shape index (κ2) is 7.66. The van der Waals surface area contributed by atoms with Gasteiger partial charge in [0.15, 0.2) is 0 Å². The lowest BCUT2D eigenvalue weighted by molar-refractivity contribution is -0.142. The highest BCUT2D eigenvalue weighted by Gasteiger charge is 2.26. The van der Waals surface area contributed by atoms with Crippen LogP contribution in [0.3, 0.4) is 0 Å². The lowest BCUT2D eigenvalue weighted by atomic mass is 9.84. The van der Waals surface area contributed by atoms with E-state index in [1.165, 1.54) is 6.42 Å². The fourth-order valence-electron chi connectivity index (χ4n) is 2.95. The maximum atomic E-state index is 11.9. The summed E-state index contributed by atoms with van der Waals surface area (Å²) >= 11 is 0. The van der Waals surface area contributed by atoms with E-state index in [2.05, 4.69) is 17.6 Å². The molecule has 0 radical (unpaired) electrons. The van der Waals surface area contributed by atoms with Gasteiger partial charge in [-0.3, -0.25) is 4.79 Å². The molecule has 3 unspecified atom stereocenters. The number of hydrogen-bond donors (Lipinski definition) is 3. The van der Waals surface area contributed by atoms with Crippen LogP contribution in [-0.4, -0.2) is 29.7 Å². The van der Waals surface area contributed by atoms with Crippen molar-refractivity contribution in [1.29, 1.82) is 0 Å². The first kappa shape index (κ1) is 17.8. The molecule has 0 aromatic rings. The molecule has 0 bridgehead atoms. The van der Waals surface area contributed by atoms with Gasteiger partial charge in [0.25, 0.3) is 0 Å². The van der Waals surface area contributed by atoms with Crippen molar-refractivity contribution in [2.24, 2.45) is 17.3 Å². The number of urea groups is 1. The largest absolute Gasteiger partial charge is 0.481 e. The van der Waals surface area contributed by atoms with Crippen LogP contribution in [0.2, 0.25) is 0 Å². The van der Waals surface area contributed by atoms with Crippen molar-refractivity contribution in [1.82, 2.24) is 10.6 Å². The number of carbonyl (C=O) groups is 2. The molecular formula is C16H30N2O3. The van der Waals surface area contributed by atoms with Crippen LogP contribution < -0.4 is 10.6 Å². The smallest absolute Gasteiger partial charge is 0.315 e. The van der Waals surface area contributed by atoms with E-state index in [0.717, 1.165) is 19.3 Å². The summed E-state index contributed by atoms with van der Waals surface area (Å²) in [4.78, 5) is 23.2. The summed E-state index contributed by atoms with van der Waals surface area (Å²) in [6.45, 7) is 8.36. The average molecular weight is 298 g/mol. The van der Waals surface area contributed by atoms with Crippen LogP contribution in [0.5, 0.6) is 0 Å². The Labute approximate surface area is 127 Å². The Hall–Kier alpha value is -1.26. The van der Waals surface area contributed by atoms with Crippen LogP contribution in [-0.2, 0) is 4.79 Å². The Morgan fingerprint density at radius 1 is 1.24 bits per heavy atom. The molecule has 5 heteroatoms.